The highest BCUT2D eigenvalue weighted by molar-refractivity contribution is 8.00. The van der Waals surface area contributed by atoms with Crippen molar-refractivity contribution < 1.29 is 23.1 Å². The van der Waals surface area contributed by atoms with E-state index in [-0.39, 0.29) is 16.6 Å². The molecule has 0 saturated heterocycles. The van der Waals surface area contributed by atoms with Gasteiger partial charge in [-0.05, 0) is 57.2 Å². The summed E-state index contributed by atoms with van der Waals surface area (Å²) in [6.07, 6.45) is 6.69. The van der Waals surface area contributed by atoms with E-state index in [0.717, 1.165) is 49.2 Å². The Morgan fingerprint density at radius 1 is 1.31 bits per heavy atom. The average Bonchev–Trinajstić information content (AvgIpc) is 2.63. The highest BCUT2D eigenvalue weighted by Crippen LogP contribution is 2.23. The Hall–Kier alpha value is -1.89. The lowest BCUT2D eigenvalue weighted by Crippen LogP contribution is -2.36. The first-order chi connectivity index (χ1) is 12.5. The molecule has 1 aromatic rings. The first kappa shape index (κ1) is 20.4. The van der Waals surface area contributed by atoms with Crippen molar-refractivity contribution >= 4 is 23.6 Å². The molecule has 0 unspecified atom stereocenters. The molecule has 1 aromatic carbocycles. The Kier molecular flexibility index (Phi) is 8.09. The normalized spacial score (nSPS) is 15.1. The van der Waals surface area contributed by atoms with Crippen LogP contribution in [0.1, 0.15) is 39.0 Å². The second kappa shape index (κ2) is 10.3. The summed E-state index contributed by atoms with van der Waals surface area (Å²) in [6.45, 7) is 2.00. The highest BCUT2D eigenvalue weighted by Gasteiger charge is 2.18. The molecule has 142 valence electrons. The van der Waals surface area contributed by atoms with Gasteiger partial charge in [-0.2, -0.15) is 0 Å². The van der Waals surface area contributed by atoms with Crippen LogP contribution in [-0.2, 0) is 14.3 Å². The Labute approximate surface area is 156 Å². The van der Waals surface area contributed by atoms with Gasteiger partial charge in [0.05, 0.1) is 5.75 Å². The molecule has 0 heterocycles. The number of carbonyl (C=O) groups is 2. The predicted octanol–water partition coefficient (Wildman–Crippen LogP) is 4.00. The lowest BCUT2D eigenvalue weighted by Gasteiger charge is -2.15. The number of allylic oxidation sites excluding steroid dienone is 1. The number of carbonyl (C=O) groups excluding carboxylic acids is 2. The van der Waals surface area contributed by atoms with Gasteiger partial charge in [0, 0.05) is 11.4 Å². The van der Waals surface area contributed by atoms with Gasteiger partial charge in [-0.15, -0.1) is 11.8 Å². The van der Waals surface area contributed by atoms with Crippen molar-refractivity contribution in [3.8, 4) is 0 Å². The van der Waals surface area contributed by atoms with E-state index in [1.165, 1.54) is 25.3 Å². The molecule has 0 aromatic heterocycles. The van der Waals surface area contributed by atoms with Gasteiger partial charge in [-0.25, -0.2) is 8.78 Å². The average molecular weight is 383 g/mol. The largest absolute Gasteiger partial charge is 0.452 e. The molecule has 7 heteroatoms. The summed E-state index contributed by atoms with van der Waals surface area (Å²) in [5.74, 6) is -2.41. The third-order valence-corrected chi connectivity index (χ3v) is 5.05. The fourth-order valence-corrected chi connectivity index (χ4v) is 3.37. The van der Waals surface area contributed by atoms with Gasteiger partial charge in [0.2, 0.25) is 0 Å². The molecule has 1 aliphatic carbocycles. The number of halogens is 2. The summed E-state index contributed by atoms with van der Waals surface area (Å²) >= 11 is 0.831. The van der Waals surface area contributed by atoms with Crippen molar-refractivity contribution in [2.45, 2.75) is 50.0 Å². The molecule has 0 bridgehead atoms. The zero-order chi connectivity index (χ0) is 18.9. The van der Waals surface area contributed by atoms with E-state index >= 15 is 0 Å². The van der Waals surface area contributed by atoms with Crippen molar-refractivity contribution in [3.05, 3.63) is 41.5 Å². The van der Waals surface area contributed by atoms with Crippen molar-refractivity contribution in [3.63, 3.8) is 0 Å². The number of benzene rings is 1. The molecule has 0 saturated carbocycles. The van der Waals surface area contributed by atoms with Crippen LogP contribution in [0.5, 0.6) is 0 Å². The predicted molar refractivity (Wildman–Crippen MR) is 96.8 cm³/mol. The van der Waals surface area contributed by atoms with Gasteiger partial charge < -0.3 is 10.1 Å². The minimum Gasteiger partial charge on any atom is -0.452 e. The maximum absolute atomic E-state index is 13.5. The van der Waals surface area contributed by atoms with Crippen LogP contribution in [0.3, 0.4) is 0 Å². The number of esters is 1. The molecule has 1 N–H and O–H groups in total. The number of hydrogen-bond donors (Lipinski definition) is 1. The van der Waals surface area contributed by atoms with E-state index in [1.807, 2.05) is 0 Å². The molecule has 1 amide bonds. The number of amides is 1. The Morgan fingerprint density at radius 2 is 2.12 bits per heavy atom. The summed E-state index contributed by atoms with van der Waals surface area (Å²) in [4.78, 5) is 23.8. The van der Waals surface area contributed by atoms with E-state index in [2.05, 4.69) is 11.4 Å². The van der Waals surface area contributed by atoms with Crippen LogP contribution in [-0.4, -0.2) is 30.3 Å². The zero-order valence-corrected chi connectivity index (χ0v) is 15.5. The zero-order valence-electron chi connectivity index (χ0n) is 14.7. The van der Waals surface area contributed by atoms with E-state index in [0.29, 0.717) is 6.54 Å². The monoisotopic (exact) mass is 383 g/mol. The molecule has 2 rings (SSSR count). The van der Waals surface area contributed by atoms with Crippen LogP contribution in [0.25, 0.3) is 0 Å². The third kappa shape index (κ3) is 6.78. The maximum atomic E-state index is 13.5. The number of rotatable bonds is 8. The quantitative estimate of drug-likeness (QED) is 0.419. The molecule has 0 spiro atoms. The standard InChI is InChI=1S/C19H23F2NO3S/c1-13(19(24)22-10-9-14-5-3-2-4-6-14)25-18(23)12-26-17-11-15(20)7-8-16(17)21/h5,7-8,11,13H,2-4,6,9-10,12H2,1H3,(H,22,24)/t13-/m1/s1. The first-order valence-electron chi connectivity index (χ1n) is 8.68. The highest BCUT2D eigenvalue weighted by atomic mass is 32.2. The van der Waals surface area contributed by atoms with Crippen molar-refractivity contribution in [2.24, 2.45) is 0 Å². The minimum atomic E-state index is -0.930. The van der Waals surface area contributed by atoms with Crippen LogP contribution in [0.2, 0.25) is 0 Å². The van der Waals surface area contributed by atoms with Crippen LogP contribution in [0.4, 0.5) is 8.78 Å². The van der Waals surface area contributed by atoms with Gasteiger partial charge in [0.25, 0.3) is 5.91 Å². The molecule has 0 fully saturated rings. The van der Waals surface area contributed by atoms with Gasteiger partial charge >= 0.3 is 5.97 Å². The van der Waals surface area contributed by atoms with Crippen LogP contribution in [0, 0.1) is 11.6 Å². The van der Waals surface area contributed by atoms with Crippen LogP contribution < -0.4 is 5.32 Å². The third-order valence-electron chi connectivity index (χ3n) is 4.05. The molecular weight excluding hydrogens is 360 g/mol. The summed E-state index contributed by atoms with van der Waals surface area (Å²) in [6, 6.07) is 3.03. The topological polar surface area (TPSA) is 55.4 Å². The lowest BCUT2D eigenvalue weighted by molar-refractivity contribution is -0.152. The Bertz CT molecular complexity index is 679. The maximum Gasteiger partial charge on any atom is 0.317 e. The summed E-state index contributed by atoms with van der Waals surface area (Å²) in [5.41, 5.74) is 1.36. The molecule has 0 aliphatic heterocycles. The summed E-state index contributed by atoms with van der Waals surface area (Å²) in [5, 5.41) is 2.75. The molecular formula is C19H23F2NO3S. The molecule has 1 aliphatic rings. The van der Waals surface area contributed by atoms with Crippen molar-refractivity contribution in [1.29, 1.82) is 0 Å². The van der Waals surface area contributed by atoms with E-state index in [9.17, 15) is 18.4 Å². The van der Waals surface area contributed by atoms with Crippen molar-refractivity contribution in [1.82, 2.24) is 5.32 Å². The second-order valence-electron chi connectivity index (χ2n) is 6.14. The number of thioether (sulfide) groups is 1. The molecule has 26 heavy (non-hydrogen) atoms. The number of nitrogens with one attached hydrogen (secondary N) is 1. The lowest BCUT2D eigenvalue weighted by atomic mass is 9.97. The summed E-state index contributed by atoms with van der Waals surface area (Å²) < 4.78 is 31.6. The fourth-order valence-electron chi connectivity index (χ4n) is 2.63. The van der Waals surface area contributed by atoms with E-state index in [1.54, 1.807) is 0 Å². The van der Waals surface area contributed by atoms with Gasteiger partial charge in [0.15, 0.2) is 6.10 Å². The SMILES string of the molecule is C[C@@H](OC(=O)CSc1cc(F)ccc1F)C(=O)NCCC1=CCCCC1. The Morgan fingerprint density at radius 3 is 2.85 bits per heavy atom. The molecule has 4 nitrogen and oxygen atoms in total. The first-order valence-corrected chi connectivity index (χ1v) is 9.67. The van der Waals surface area contributed by atoms with E-state index in [4.69, 9.17) is 4.74 Å². The summed E-state index contributed by atoms with van der Waals surface area (Å²) in [7, 11) is 0. The minimum absolute atomic E-state index is 0.0276. The van der Waals surface area contributed by atoms with Gasteiger partial charge in [-0.1, -0.05) is 11.6 Å². The van der Waals surface area contributed by atoms with Crippen LogP contribution in [0.15, 0.2) is 34.7 Å². The Balaban J connectivity index is 1.69. The van der Waals surface area contributed by atoms with Crippen LogP contribution >= 0.6 is 11.8 Å². The number of hydrogen-bond acceptors (Lipinski definition) is 4. The molecule has 0 radical (unpaired) electrons. The van der Waals surface area contributed by atoms with Crippen molar-refractivity contribution in [2.75, 3.05) is 12.3 Å². The smallest absolute Gasteiger partial charge is 0.317 e. The second-order valence-corrected chi connectivity index (χ2v) is 7.16. The van der Waals surface area contributed by atoms with Gasteiger partial charge in [-0.3, -0.25) is 9.59 Å². The fraction of sp³-hybridized carbons (Fsp3) is 0.474. The molecule has 1 atom stereocenters. The number of ether oxygens (including phenoxy) is 1. The van der Waals surface area contributed by atoms with Gasteiger partial charge in [0.1, 0.15) is 11.6 Å². The van der Waals surface area contributed by atoms with E-state index < -0.39 is 23.7 Å².